The highest BCUT2D eigenvalue weighted by molar-refractivity contribution is 5.88. The quantitative estimate of drug-likeness (QED) is 0.869. The monoisotopic (exact) mass is 272 g/mol. The van der Waals surface area contributed by atoms with Crippen LogP contribution in [0.15, 0.2) is 18.2 Å². The number of fused-ring (bicyclic) bond motifs is 1. The Morgan fingerprint density at radius 1 is 1.30 bits per heavy atom. The molecule has 1 spiro atoms. The van der Waals surface area contributed by atoms with E-state index in [0.29, 0.717) is 5.41 Å². The van der Waals surface area contributed by atoms with Gasteiger partial charge in [-0.1, -0.05) is 6.07 Å². The van der Waals surface area contributed by atoms with Crippen LogP contribution in [-0.2, 0) is 17.6 Å². The summed E-state index contributed by atoms with van der Waals surface area (Å²) in [6.45, 7) is 2.40. The molecule has 3 N–H and O–H groups in total. The van der Waals surface area contributed by atoms with Crippen molar-refractivity contribution in [2.45, 2.75) is 45.4 Å². The van der Waals surface area contributed by atoms with Crippen LogP contribution >= 0.6 is 0 Å². The van der Waals surface area contributed by atoms with E-state index in [1.54, 1.807) is 6.92 Å². The first-order valence-electron chi connectivity index (χ1n) is 7.70. The summed E-state index contributed by atoms with van der Waals surface area (Å²) in [7, 11) is 0. The normalized spacial score (nSPS) is 28.4. The lowest BCUT2D eigenvalue weighted by atomic mass is 9.69. The third kappa shape index (κ3) is 2.59. The van der Waals surface area contributed by atoms with E-state index in [9.17, 15) is 4.79 Å². The lowest BCUT2D eigenvalue weighted by Gasteiger charge is -2.37. The Morgan fingerprint density at radius 2 is 2.00 bits per heavy atom. The molecule has 108 valence electrons. The van der Waals surface area contributed by atoms with Gasteiger partial charge in [0.1, 0.15) is 0 Å². The van der Waals surface area contributed by atoms with Crippen LogP contribution in [-0.4, -0.2) is 12.5 Å². The van der Waals surface area contributed by atoms with Gasteiger partial charge in [-0.15, -0.1) is 0 Å². The van der Waals surface area contributed by atoms with Crippen LogP contribution in [0.2, 0.25) is 0 Å². The molecule has 3 rings (SSSR count). The van der Waals surface area contributed by atoms with Crippen molar-refractivity contribution in [2.24, 2.45) is 17.1 Å². The van der Waals surface area contributed by atoms with Crippen LogP contribution in [0.3, 0.4) is 0 Å². The molecule has 2 aliphatic rings. The molecular formula is C17H24N2O. The zero-order valence-electron chi connectivity index (χ0n) is 12.2. The Labute approximate surface area is 120 Å². The smallest absolute Gasteiger partial charge is 0.221 e. The summed E-state index contributed by atoms with van der Waals surface area (Å²) < 4.78 is 0. The number of anilines is 1. The second-order valence-corrected chi connectivity index (χ2v) is 6.70. The standard InChI is InChI=1S/C17H24N2O/c1-12(20)19-16-3-2-14-9-17(10-15(14)8-16)6-4-13(11-18)5-7-17/h2-3,8,13H,4-7,9-11,18H2,1H3,(H,19,20). The van der Waals surface area contributed by atoms with Crippen molar-refractivity contribution in [1.82, 2.24) is 0 Å². The maximum absolute atomic E-state index is 11.2. The van der Waals surface area contributed by atoms with Gasteiger partial charge in [0, 0.05) is 12.6 Å². The first-order chi connectivity index (χ1) is 9.60. The van der Waals surface area contributed by atoms with Gasteiger partial charge in [0.05, 0.1) is 0 Å². The topological polar surface area (TPSA) is 55.1 Å². The number of amides is 1. The van der Waals surface area contributed by atoms with E-state index in [0.717, 1.165) is 18.2 Å². The number of nitrogens with one attached hydrogen (secondary N) is 1. The summed E-state index contributed by atoms with van der Waals surface area (Å²) in [5.41, 5.74) is 10.1. The summed E-state index contributed by atoms with van der Waals surface area (Å²) in [5.74, 6) is 0.736. The van der Waals surface area contributed by atoms with Gasteiger partial charge in [0.25, 0.3) is 0 Å². The van der Waals surface area contributed by atoms with E-state index in [1.165, 1.54) is 49.7 Å². The molecule has 3 heteroatoms. The highest BCUT2D eigenvalue weighted by Gasteiger charge is 2.39. The highest BCUT2D eigenvalue weighted by Crippen LogP contribution is 2.48. The predicted molar refractivity (Wildman–Crippen MR) is 81.6 cm³/mol. The minimum absolute atomic E-state index is 0.00103. The predicted octanol–water partition coefficient (Wildman–Crippen LogP) is 2.88. The van der Waals surface area contributed by atoms with Gasteiger partial charge >= 0.3 is 0 Å². The van der Waals surface area contributed by atoms with Crippen molar-refractivity contribution in [2.75, 3.05) is 11.9 Å². The minimum atomic E-state index is 0.00103. The molecule has 0 unspecified atom stereocenters. The van der Waals surface area contributed by atoms with E-state index in [4.69, 9.17) is 5.73 Å². The highest BCUT2D eigenvalue weighted by atomic mass is 16.1. The SMILES string of the molecule is CC(=O)Nc1ccc2c(c1)CC1(CCC(CN)CC1)C2. The Morgan fingerprint density at radius 3 is 2.65 bits per heavy atom. The largest absolute Gasteiger partial charge is 0.330 e. The molecule has 2 aliphatic carbocycles. The molecule has 0 aromatic heterocycles. The van der Waals surface area contributed by atoms with Gasteiger partial charge in [-0.05, 0) is 79.7 Å². The van der Waals surface area contributed by atoms with Crippen LogP contribution in [0.5, 0.6) is 0 Å². The first kappa shape index (κ1) is 13.6. The van der Waals surface area contributed by atoms with Crippen molar-refractivity contribution in [3.8, 4) is 0 Å². The second kappa shape index (κ2) is 5.21. The maximum atomic E-state index is 11.2. The Bertz CT molecular complexity index is 516. The Balaban J connectivity index is 1.74. The molecule has 1 amide bonds. The third-order valence-corrected chi connectivity index (χ3v) is 5.16. The number of hydrogen-bond acceptors (Lipinski definition) is 2. The van der Waals surface area contributed by atoms with Crippen molar-refractivity contribution in [3.05, 3.63) is 29.3 Å². The average molecular weight is 272 g/mol. The van der Waals surface area contributed by atoms with Gasteiger partial charge in [0.2, 0.25) is 5.91 Å². The number of benzene rings is 1. The Hall–Kier alpha value is -1.35. The first-order valence-corrected chi connectivity index (χ1v) is 7.70. The number of carbonyl (C=O) groups is 1. The van der Waals surface area contributed by atoms with Gasteiger partial charge in [-0.2, -0.15) is 0 Å². The summed E-state index contributed by atoms with van der Waals surface area (Å²) in [6.07, 6.45) is 7.55. The van der Waals surface area contributed by atoms with E-state index in [2.05, 4.69) is 17.4 Å². The summed E-state index contributed by atoms with van der Waals surface area (Å²) in [6, 6.07) is 6.40. The van der Waals surface area contributed by atoms with Crippen molar-refractivity contribution in [3.63, 3.8) is 0 Å². The number of hydrogen-bond donors (Lipinski definition) is 2. The zero-order chi connectivity index (χ0) is 14.2. The van der Waals surface area contributed by atoms with E-state index in [-0.39, 0.29) is 5.91 Å². The molecule has 0 heterocycles. The maximum Gasteiger partial charge on any atom is 0.221 e. The van der Waals surface area contributed by atoms with Gasteiger partial charge < -0.3 is 11.1 Å². The molecule has 1 aromatic rings. The number of carbonyl (C=O) groups excluding carboxylic acids is 1. The van der Waals surface area contributed by atoms with Crippen LogP contribution in [0.4, 0.5) is 5.69 Å². The van der Waals surface area contributed by atoms with E-state index < -0.39 is 0 Å². The van der Waals surface area contributed by atoms with Crippen LogP contribution in [0.1, 0.15) is 43.7 Å². The fraction of sp³-hybridized carbons (Fsp3) is 0.588. The molecule has 0 radical (unpaired) electrons. The molecule has 0 atom stereocenters. The number of nitrogens with two attached hydrogens (primary N) is 1. The van der Waals surface area contributed by atoms with Crippen molar-refractivity contribution in [1.29, 1.82) is 0 Å². The van der Waals surface area contributed by atoms with Gasteiger partial charge in [0.15, 0.2) is 0 Å². The van der Waals surface area contributed by atoms with Crippen LogP contribution in [0, 0.1) is 11.3 Å². The molecule has 0 bridgehead atoms. The number of rotatable bonds is 2. The molecule has 3 nitrogen and oxygen atoms in total. The minimum Gasteiger partial charge on any atom is -0.330 e. The van der Waals surface area contributed by atoms with Gasteiger partial charge in [-0.25, -0.2) is 0 Å². The molecule has 0 aliphatic heterocycles. The zero-order valence-corrected chi connectivity index (χ0v) is 12.2. The van der Waals surface area contributed by atoms with Crippen molar-refractivity contribution >= 4 is 11.6 Å². The summed E-state index contributed by atoms with van der Waals surface area (Å²) >= 11 is 0. The second-order valence-electron chi connectivity index (χ2n) is 6.70. The fourth-order valence-corrected chi connectivity index (χ4v) is 3.99. The summed E-state index contributed by atoms with van der Waals surface area (Å²) in [4.78, 5) is 11.2. The molecule has 1 fully saturated rings. The third-order valence-electron chi connectivity index (χ3n) is 5.16. The average Bonchev–Trinajstić information content (AvgIpc) is 2.76. The van der Waals surface area contributed by atoms with Crippen molar-refractivity contribution < 1.29 is 4.79 Å². The fourth-order valence-electron chi connectivity index (χ4n) is 3.99. The van der Waals surface area contributed by atoms with E-state index >= 15 is 0 Å². The lowest BCUT2D eigenvalue weighted by molar-refractivity contribution is -0.114. The van der Waals surface area contributed by atoms with Crippen LogP contribution in [0.25, 0.3) is 0 Å². The lowest BCUT2D eigenvalue weighted by Crippen LogP contribution is -2.30. The Kier molecular flexibility index (Phi) is 3.55. The molecular weight excluding hydrogens is 248 g/mol. The van der Waals surface area contributed by atoms with Gasteiger partial charge in [-0.3, -0.25) is 4.79 Å². The molecule has 20 heavy (non-hydrogen) atoms. The van der Waals surface area contributed by atoms with E-state index in [1.807, 2.05) is 6.07 Å². The molecule has 1 aromatic carbocycles. The van der Waals surface area contributed by atoms with Crippen LogP contribution < -0.4 is 11.1 Å². The summed E-state index contributed by atoms with van der Waals surface area (Å²) in [5, 5.41) is 2.89. The molecule has 1 saturated carbocycles. The molecule has 0 saturated heterocycles.